The first-order valence-corrected chi connectivity index (χ1v) is 10.9. The Bertz CT molecular complexity index is 1460. The van der Waals surface area contributed by atoms with Crippen LogP contribution in [0.4, 0.5) is 10.3 Å². The number of nitrogens with zero attached hydrogens (tertiary/aromatic N) is 5. The van der Waals surface area contributed by atoms with Crippen LogP contribution in [0.15, 0.2) is 47.3 Å². The Kier molecular flexibility index (Phi) is 4.08. The molecule has 0 saturated heterocycles. The lowest BCUT2D eigenvalue weighted by Crippen LogP contribution is -2.66. The highest BCUT2D eigenvalue weighted by Crippen LogP contribution is 2.70. The molecule has 3 N–H and O–H groups in total. The second kappa shape index (κ2) is 6.71. The van der Waals surface area contributed by atoms with E-state index in [4.69, 9.17) is 5.73 Å². The van der Waals surface area contributed by atoms with E-state index in [-0.39, 0.29) is 23.7 Å². The first-order valence-electron chi connectivity index (χ1n) is 10.9. The van der Waals surface area contributed by atoms with Crippen molar-refractivity contribution in [2.24, 2.45) is 5.41 Å². The van der Waals surface area contributed by atoms with Gasteiger partial charge in [-0.15, -0.1) is 5.10 Å². The van der Waals surface area contributed by atoms with Gasteiger partial charge in [0.2, 0.25) is 5.95 Å². The topological polar surface area (TPSA) is 111 Å². The summed E-state index contributed by atoms with van der Waals surface area (Å²) in [5, 5.41) is 14.4. The Labute approximate surface area is 188 Å². The van der Waals surface area contributed by atoms with E-state index in [1.165, 1.54) is 9.08 Å². The number of halogens is 1. The summed E-state index contributed by atoms with van der Waals surface area (Å²) in [6.45, 7) is 1.98. The lowest BCUT2D eigenvalue weighted by Gasteiger charge is -2.65. The summed E-state index contributed by atoms with van der Waals surface area (Å²) in [6, 6.07) is 13.2. The van der Waals surface area contributed by atoms with Gasteiger partial charge in [-0.3, -0.25) is 4.98 Å². The van der Waals surface area contributed by atoms with E-state index in [0.717, 1.165) is 16.8 Å². The van der Waals surface area contributed by atoms with Gasteiger partial charge in [-0.1, -0.05) is 30.3 Å². The predicted octanol–water partition coefficient (Wildman–Crippen LogP) is 2.90. The maximum atomic E-state index is 14.1. The molecule has 2 bridgehead atoms. The van der Waals surface area contributed by atoms with Crippen molar-refractivity contribution in [1.82, 2.24) is 24.1 Å². The molecule has 0 amide bonds. The van der Waals surface area contributed by atoms with Gasteiger partial charge in [0.15, 0.2) is 5.65 Å². The monoisotopic (exact) mass is 446 g/mol. The van der Waals surface area contributed by atoms with Crippen LogP contribution in [0.1, 0.15) is 30.7 Å². The summed E-state index contributed by atoms with van der Waals surface area (Å²) < 4.78 is 16.8. The Morgan fingerprint density at radius 2 is 1.85 bits per heavy atom. The zero-order valence-electron chi connectivity index (χ0n) is 18.1. The van der Waals surface area contributed by atoms with Gasteiger partial charge in [-0.2, -0.15) is 0 Å². The van der Waals surface area contributed by atoms with Crippen LogP contribution in [0.2, 0.25) is 0 Å². The number of pyridine rings is 1. The standard InChI is InChI=1S/C24H23FN6O2/c1-14-7-16(8-17(9-32)27-14)18-19(15-5-3-2-4-6-15)28-21(26)31-20(18)29-30(22(31)33)13-23-10-24(25,11-23)12-23/h2-8,32H,9-13H2,1H3,(H2,26,28). The maximum absolute atomic E-state index is 14.1. The van der Waals surface area contributed by atoms with E-state index in [1.807, 2.05) is 43.3 Å². The number of benzene rings is 1. The molecule has 0 spiro atoms. The van der Waals surface area contributed by atoms with Crippen LogP contribution in [-0.2, 0) is 13.2 Å². The summed E-state index contributed by atoms with van der Waals surface area (Å²) in [5.74, 6) is 0.0385. The third kappa shape index (κ3) is 2.99. The Balaban J connectivity index is 1.61. The van der Waals surface area contributed by atoms with Crippen LogP contribution >= 0.6 is 0 Å². The first kappa shape index (κ1) is 20.0. The normalized spacial score (nSPS) is 23.4. The minimum atomic E-state index is -1.05. The van der Waals surface area contributed by atoms with Crippen molar-refractivity contribution < 1.29 is 9.50 Å². The summed E-state index contributed by atoms with van der Waals surface area (Å²) in [6.07, 6.45) is 1.42. The Morgan fingerprint density at radius 1 is 1.12 bits per heavy atom. The van der Waals surface area contributed by atoms with Gasteiger partial charge in [-0.25, -0.2) is 23.3 Å². The zero-order chi connectivity index (χ0) is 23.0. The van der Waals surface area contributed by atoms with E-state index >= 15 is 0 Å². The van der Waals surface area contributed by atoms with E-state index in [0.29, 0.717) is 48.4 Å². The van der Waals surface area contributed by atoms with Gasteiger partial charge in [0.1, 0.15) is 5.67 Å². The van der Waals surface area contributed by atoms with Crippen LogP contribution < -0.4 is 11.4 Å². The highest BCUT2D eigenvalue weighted by atomic mass is 19.1. The van der Waals surface area contributed by atoms with E-state index < -0.39 is 5.67 Å². The largest absolute Gasteiger partial charge is 0.390 e. The average molecular weight is 446 g/mol. The molecule has 8 nitrogen and oxygen atoms in total. The molecule has 0 aliphatic heterocycles. The van der Waals surface area contributed by atoms with Gasteiger partial charge >= 0.3 is 5.69 Å². The number of hydrogen-bond donors (Lipinski definition) is 2. The molecule has 7 rings (SSSR count). The van der Waals surface area contributed by atoms with Crippen molar-refractivity contribution in [2.75, 3.05) is 5.73 Å². The van der Waals surface area contributed by atoms with E-state index in [1.54, 1.807) is 6.07 Å². The lowest BCUT2D eigenvalue weighted by atomic mass is 9.42. The number of fused-ring (bicyclic) bond motifs is 1. The molecule has 33 heavy (non-hydrogen) atoms. The lowest BCUT2D eigenvalue weighted by molar-refractivity contribution is -0.221. The third-order valence-electron chi connectivity index (χ3n) is 6.82. The highest BCUT2D eigenvalue weighted by Gasteiger charge is 2.69. The van der Waals surface area contributed by atoms with Crippen molar-refractivity contribution >= 4 is 11.6 Å². The van der Waals surface area contributed by atoms with Crippen LogP contribution in [0.25, 0.3) is 28.0 Å². The summed E-state index contributed by atoms with van der Waals surface area (Å²) in [5.41, 5.74) is 9.00. The van der Waals surface area contributed by atoms with Gasteiger partial charge in [-0.05, 0) is 49.3 Å². The number of aryl methyl sites for hydroxylation is 1. The van der Waals surface area contributed by atoms with E-state index in [2.05, 4.69) is 15.1 Å². The molecule has 3 heterocycles. The number of rotatable bonds is 5. The van der Waals surface area contributed by atoms with Gasteiger partial charge in [0, 0.05) is 11.3 Å². The molecule has 3 fully saturated rings. The number of nitrogens with two attached hydrogens (primary N) is 1. The van der Waals surface area contributed by atoms with Crippen LogP contribution in [0.3, 0.4) is 0 Å². The molecule has 4 aromatic rings. The zero-order valence-corrected chi connectivity index (χ0v) is 18.1. The minimum Gasteiger partial charge on any atom is -0.390 e. The molecule has 1 aromatic carbocycles. The van der Waals surface area contributed by atoms with Gasteiger partial charge in [0.05, 0.1) is 30.1 Å². The molecular formula is C24H23FN6O2. The number of anilines is 1. The van der Waals surface area contributed by atoms with Crippen molar-refractivity contribution in [3.63, 3.8) is 0 Å². The number of alkyl halides is 1. The van der Waals surface area contributed by atoms with Gasteiger partial charge < -0.3 is 10.8 Å². The summed E-state index contributed by atoms with van der Waals surface area (Å²) in [7, 11) is 0. The molecule has 3 saturated carbocycles. The van der Waals surface area contributed by atoms with Crippen molar-refractivity contribution in [2.45, 2.75) is 45.0 Å². The third-order valence-corrected chi connectivity index (χ3v) is 6.82. The highest BCUT2D eigenvalue weighted by molar-refractivity contribution is 5.90. The first-order chi connectivity index (χ1) is 15.8. The smallest absolute Gasteiger partial charge is 0.353 e. The summed E-state index contributed by atoms with van der Waals surface area (Å²) in [4.78, 5) is 22.2. The van der Waals surface area contributed by atoms with Crippen LogP contribution in [0, 0.1) is 12.3 Å². The van der Waals surface area contributed by atoms with E-state index in [9.17, 15) is 14.3 Å². The Hall–Kier alpha value is -3.59. The molecule has 9 heteroatoms. The van der Waals surface area contributed by atoms with Crippen molar-refractivity contribution in [3.05, 3.63) is 64.3 Å². The fourth-order valence-corrected chi connectivity index (χ4v) is 5.59. The van der Waals surface area contributed by atoms with Gasteiger partial charge in [0.25, 0.3) is 0 Å². The molecule has 3 aliphatic rings. The van der Waals surface area contributed by atoms with Crippen LogP contribution in [0.5, 0.6) is 0 Å². The number of aliphatic hydroxyl groups excluding tert-OH is 1. The fourth-order valence-electron chi connectivity index (χ4n) is 5.59. The predicted molar refractivity (Wildman–Crippen MR) is 121 cm³/mol. The second-order valence-electron chi connectivity index (χ2n) is 9.49. The molecule has 0 unspecified atom stereocenters. The molecule has 3 aromatic heterocycles. The van der Waals surface area contributed by atoms with Crippen LogP contribution in [-0.4, -0.2) is 34.9 Å². The molecule has 3 aliphatic carbocycles. The SMILES string of the molecule is Cc1cc(-c2c(-c3ccccc3)nc(N)n3c(=O)n(CC45CC(F)(C4)C5)nc23)cc(CO)n1. The quantitative estimate of drug-likeness (QED) is 0.488. The second-order valence-corrected chi connectivity index (χ2v) is 9.49. The number of aliphatic hydroxyl groups is 1. The number of hydrogen-bond acceptors (Lipinski definition) is 6. The molecule has 0 atom stereocenters. The number of aromatic nitrogens is 5. The minimum absolute atomic E-state index is 0.0385. The summed E-state index contributed by atoms with van der Waals surface area (Å²) >= 11 is 0. The molecule has 0 radical (unpaired) electrons. The molecule has 168 valence electrons. The molecular weight excluding hydrogens is 423 g/mol. The van der Waals surface area contributed by atoms with Crippen molar-refractivity contribution in [3.8, 4) is 22.4 Å². The maximum Gasteiger partial charge on any atom is 0.353 e. The van der Waals surface area contributed by atoms with Crippen molar-refractivity contribution in [1.29, 1.82) is 0 Å². The average Bonchev–Trinajstić information content (AvgIpc) is 3.08. The number of nitrogen functional groups attached to an aromatic ring is 1. The Morgan fingerprint density at radius 3 is 2.52 bits per heavy atom. The fraction of sp³-hybridized carbons (Fsp3) is 0.333.